The smallest absolute Gasteiger partial charge is 0.546 e. The molecular weight excluding hydrogens is 251 g/mol. The number of carbonyl (C=O) groups excluding carboxylic acids is 1. The van der Waals surface area contributed by atoms with E-state index in [1.807, 2.05) is 0 Å². The molecule has 0 saturated heterocycles. The molecule has 0 amide bonds. The molecule has 0 N–H and O–H groups in total. The fraction of sp³-hybridized carbons (Fsp3) is 0.250. The third-order valence-electron chi connectivity index (χ3n) is 1.78. The molecule has 2 rings (SSSR count). The van der Waals surface area contributed by atoms with Gasteiger partial charge in [0.05, 0.1) is 5.97 Å². The SMILES string of the molecule is CC1=CC1.O=C([O-])COc1ccc(Cl)cc1.[Na+]. The summed E-state index contributed by atoms with van der Waals surface area (Å²) in [6, 6.07) is 6.41. The Labute approximate surface area is 128 Å². The van der Waals surface area contributed by atoms with Crippen LogP contribution >= 0.6 is 11.6 Å². The molecule has 0 saturated carbocycles. The maximum absolute atomic E-state index is 9.98. The summed E-state index contributed by atoms with van der Waals surface area (Å²) in [5.74, 6) is -0.784. The van der Waals surface area contributed by atoms with Gasteiger partial charge < -0.3 is 14.6 Å². The first kappa shape index (κ1) is 16.5. The van der Waals surface area contributed by atoms with Crippen molar-refractivity contribution in [2.45, 2.75) is 13.3 Å². The normalized spacial score (nSPS) is 11.3. The Balaban J connectivity index is 0.000000433. The second-order valence-electron chi connectivity index (χ2n) is 3.37. The van der Waals surface area contributed by atoms with Gasteiger partial charge in [0.25, 0.3) is 0 Å². The van der Waals surface area contributed by atoms with Crippen molar-refractivity contribution < 1.29 is 44.2 Å². The molecule has 1 aromatic carbocycles. The van der Waals surface area contributed by atoms with E-state index in [4.69, 9.17) is 16.3 Å². The van der Waals surface area contributed by atoms with Crippen molar-refractivity contribution in [2.75, 3.05) is 6.61 Å². The van der Waals surface area contributed by atoms with E-state index in [2.05, 4.69) is 13.0 Å². The largest absolute Gasteiger partial charge is 1.00 e. The van der Waals surface area contributed by atoms with Gasteiger partial charge in [-0.3, -0.25) is 0 Å². The van der Waals surface area contributed by atoms with Gasteiger partial charge in [-0.15, -0.1) is 0 Å². The van der Waals surface area contributed by atoms with Crippen molar-refractivity contribution >= 4 is 17.6 Å². The standard InChI is InChI=1S/C8H7ClO3.C4H6.Na/c9-6-1-3-7(4-2-6)12-5-8(10)11;1-4-2-3-4;/h1-4H,5H2,(H,10,11);2H,3H2,1H3;/q;;+1/p-1. The molecule has 1 aromatic rings. The summed E-state index contributed by atoms with van der Waals surface area (Å²) in [5.41, 5.74) is 1.54. The second-order valence-corrected chi connectivity index (χ2v) is 3.81. The second kappa shape index (κ2) is 8.59. The topological polar surface area (TPSA) is 49.4 Å². The molecule has 0 fully saturated rings. The first-order chi connectivity index (χ1) is 7.58. The van der Waals surface area contributed by atoms with Crippen LogP contribution in [0.15, 0.2) is 35.9 Å². The molecule has 1 aliphatic carbocycles. The van der Waals surface area contributed by atoms with Gasteiger partial charge >= 0.3 is 29.6 Å². The van der Waals surface area contributed by atoms with E-state index in [0.717, 1.165) is 0 Å². The van der Waals surface area contributed by atoms with E-state index in [0.29, 0.717) is 10.8 Å². The number of halogens is 1. The summed E-state index contributed by atoms with van der Waals surface area (Å²) in [7, 11) is 0. The summed E-state index contributed by atoms with van der Waals surface area (Å²) in [4.78, 5) is 9.98. The van der Waals surface area contributed by atoms with Crippen LogP contribution in [0.2, 0.25) is 5.02 Å². The molecule has 1 aliphatic rings. The van der Waals surface area contributed by atoms with Crippen molar-refractivity contribution in [1.29, 1.82) is 0 Å². The minimum Gasteiger partial charge on any atom is -0.546 e. The maximum Gasteiger partial charge on any atom is 1.00 e. The Bertz CT molecular complexity index is 387. The van der Waals surface area contributed by atoms with Gasteiger partial charge in [0, 0.05) is 5.02 Å². The van der Waals surface area contributed by atoms with Crippen LogP contribution in [0.3, 0.4) is 0 Å². The van der Waals surface area contributed by atoms with Gasteiger partial charge in [0.1, 0.15) is 12.4 Å². The van der Waals surface area contributed by atoms with E-state index >= 15 is 0 Å². The minimum atomic E-state index is -1.25. The van der Waals surface area contributed by atoms with Crippen LogP contribution in [-0.4, -0.2) is 12.6 Å². The molecule has 17 heavy (non-hydrogen) atoms. The number of ether oxygens (including phenoxy) is 1. The maximum atomic E-state index is 9.98. The fourth-order valence-electron chi connectivity index (χ4n) is 0.775. The predicted molar refractivity (Wildman–Crippen MR) is 60.3 cm³/mol. The molecule has 0 aromatic heterocycles. The molecule has 0 heterocycles. The molecular formula is C12H12ClNaO3. The molecule has 86 valence electrons. The summed E-state index contributed by atoms with van der Waals surface area (Å²) in [5, 5.41) is 10.6. The minimum absolute atomic E-state index is 0. The molecule has 0 atom stereocenters. The van der Waals surface area contributed by atoms with Gasteiger partial charge in [-0.1, -0.05) is 23.3 Å². The molecule has 5 heteroatoms. The van der Waals surface area contributed by atoms with Crippen molar-refractivity contribution in [3.63, 3.8) is 0 Å². The number of carboxylic acid groups (broad SMARTS) is 1. The zero-order valence-electron chi connectivity index (χ0n) is 9.90. The average Bonchev–Trinajstić information content (AvgIpc) is 3.01. The van der Waals surface area contributed by atoms with Crippen LogP contribution in [0.1, 0.15) is 13.3 Å². The third kappa shape index (κ3) is 9.24. The molecule has 0 aliphatic heterocycles. The molecule has 0 spiro atoms. The van der Waals surface area contributed by atoms with E-state index in [1.165, 1.54) is 6.42 Å². The number of benzene rings is 1. The van der Waals surface area contributed by atoms with E-state index in [1.54, 1.807) is 29.8 Å². The van der Waals surface area contributed by atoms with Gasteiger partial charge in [0.2, 0.25) is 0 Å². The predicted octanol–water partition coefficient (Wildman–Crippen LogP) is -1.19. The monoisotopic (exact) mass is 262 g/mol. The third-order valence-corrected chi connectivity index (χ3v) is 2.03. The Morgan fingerprint density at radius 2 is 1.88 bits per heavy atom. The van der Waals surface area contributed by atoms with Gasteiger partial charge in [0.15, 0.2) is 0 Å². The first-order valence-corrected chi connectivity index (χ1v) is 5.19. The van der Waals surface area contributed by atoms with Gasteiger partial charge in [-0.05, 0) is 37.6 Å². The molecule has 3 nitrogen and oxygen atoms in total. The number of allylic oxidation sites excluding steroid dienone is 2. The number of aliphatic carboxylic acids is 1. The van der Waals surface area contributed by atoms with Gasteiger partial charge in [-0.2, -0.15) is 0 Å². The fourth-order valence-corrected chi connectivity index (χ4v) is 0.901. The van der Waals surface area contributed by atoms with Gasteiger partial charge in [-0.25, -0.2) is 0 Å². The number of rotatable bonds is 3. The quantitative estimate of drug-likeness (QED) is 0.508. The Hall–Kier alpha value is -0.480. The summed E-state index contributed by atoms with van der Waals surface area (Å²) in [6.07, 6.45) is 3.49. The van der Waals surface area contributed by atoms with Crippen molar-refractivity contribution in [1.82, 2.24) is 0 Å². The Kier molecular flexibility index (Phi) is 8.35. The van der Waals surface area contributed by atoms with Crippen molar-refractivity contribution in [3.05, 3.63) is 40.9 Å². The van der Waals surface area contributed by atoms with Crippen LogP contribution < -0.4 is 39.4 Å². The number of carboxylic acids is 1. The number of carbonyl (C=O) groups is 1. The van der Waals surface area contributed by atoms with Crippen molar-refractivity contribution in [2.24, 2.45) is 0 Å². The number of hydrogen-bond acceptors (Lipinski definition) is 3. The number of hydrogen-bond donors (Lipinski definition) is 0. The van der Waals surface area contributed by atoms with Crippen LogP contribution in [0.5, 0.6) is 5.75 Å². The molecule has 0 unspecified atom stereocenters. The molecule has 0 radical (unpaired) electrons. The van der Waals surface area contributed by atoms with E-state index < -0.39 is 12.6 Å². The average molecular weight is 263 g/mol. The molecule has 0 bridgehead atoms. The summed E-state index contributed by atoms with van der Waals surface area (Å²) in [6.45, 7) is 1.70. The first-order valence-electron chi connectivity index (χ1n) is 4.82. The summed E-state index contributed by atoms with van der Waals surface area (Å²) < 4.78 is 4.80. The van der Waals surface area contributed by atoms with Crippen molar-refractivity contribution in [3.8, 4) is 5.75 Å². The van der Waals surface area contributed by atoms with Crippen LogP contribution in [0.4, 0.5) is 0 Å². The van der Waals surface area contributed by atoms with E-state index in [9.17, 15) is 9.90 Å². The zero-order chi connectivity index (χ0) is 12.0. The Morgan fingerprint density at radius 3 is 2.24 bits per heavy atom. The van der Waals surface area contributed by atoms with Crippen LogP contribution in [0, 0.1) is 0 Å². The summed E-state index contributed by atoms with van der Waals surface area (Å²) >= 11 is 5.59. The Morgan fingerprint density at radius 1 is 1.41 bits per heavy atom. The van der Waals surface area contributed by atoms with Crippen LogP contribution in [0.25, 0.3) is 0 Å². The zero-order valence-corrected chi connectivity index (χ0v) is 12.7. The van der Waals surface area contributed by atoms with E-state index in [-0.39, 0.29) is 29.6 Å². The van der Waals surface area contributed by atoms with Crippen LogP contribution in [-0.2, 0) is 4.79 Å².